The molecule has 0 radical (unpaired) electrons. The van der Waals surface area contributed by atoms with Crippen molar-refractivity contribution < 1.29 is 17.6 Å². The second-order valence-electron chi connectivity index (χ2n) is 4.47. The van der Waals surface area contributed by atoms with E-state index in [-0.39, 0.29) is 11.7 Å². The lowest BCUT2D eigenvalue weighted by molar-refractivity contribution is 0.0714. The first-order valence-electron chi connectivity index (χ1n) is 6.37. The Kier molecular flexibility index (Phi) is 4.44. The summed E-state index contributed by atoms with van der Waals surface area (Å²) in [4.78, 5) is 13.9. The molecule has 0 saturated carbocycles. The topological polar surface area (TPSA) is 93.6 Å². The van der Waals surface area contributed by atoms with Crippen LogP contribution in [-0.2, 0) is 16.6 Å². The van der Waals surface area contributed by atoms with Gasteiger partial charge in [-0.25, -0.2) is 13.6 Å². The summed E-state index contributed by atoms with van der Waals surface area (Å²) in [6, 6.07) is 12.0. The fourth-order valence-electron chi connectivity index (χ4n) is 1.87. The minimum atomic E-state index is -3.94. The van der Waals surface area contributed by atoms with Gasteiger partial charge in [-0.3, -0.25) is 4.79 Å². The molecule has 0 fully saturated rings. The van der Waals surface area contributed by atoms with Crippen molar-refractivity contribution in [2.24, 2.45) is 5.14 Å². The molecule has 0 aliphatic rings. The molecule has 2 N–H and O–H groups in total. The minimum absolute atomic E-state index is 0.0446. The number of carbonyl (C=O) groups excluding carboxylic acids is 1. The number of primary sulfonamides is 1. The number of benzene rings is 1. The maximum atomic E-state index is 12.3. The second-order valence-corrected chi connectivity index (χ2v) is 5.96. The lowest BCUT2D eigenvalue weighted by Crippen LogP contribution is -2.30. The number of furan rings is 1. The minimum Gasteiger partial charge on any atom is -0.438 e. The predicted octanol–water partition coefficient (Wildman–Crippen LogP) is 1.59. The van der Waals surface area contributed by atoms with Crippen LogP contribution in [0, 0.1) is 0 Å². The summed E-state index contributed by atoms with van der Waals surface area (Å²) < 4.78 is 27.3. The highest BCUT2D eigenvalue weighted by atomic mass is 32.2. The summed E-state index contributed by atoms with van der Waals surface area (Å²) in [7, 11) is -3.94. The molecule has 0 aliphatic heterocycles. The van der Waals surface area contributed by atoms with Gasteiger partial charge in [-0.1, -0.05) is 30.3 Å². The van der Waals surface area contributed by atoms with Crippen LogP contribution in [0.3, 0.4) is 0 Å². The van der Waals surface area contributed by atoms with Crippen molar-refractivity contribution in [3.05, 3.63) is 53.8 Å². The molecule has 0 saturated heterocycles. The van der Waals surface area contributed by atoms with Crippen LogP contribution in [-0.4, -0.2) is 25.8 Å². The van der Waals surface area contributed by atoms with Crippen molar-refractivity contribution in [3.8, 4) is 0 Å². The van der Waals surface area contributed by atoms with Gasteiger partial charge in [0.2, 0.25) is 5.09 Å². The van der Waals surface area contributed by atoms with E-state index >= 15 is 0 Å². The van der Waals surface area contributed by atoms with E-state index in [1.54, 1.807) is 4.90 Å². The van der Waals surface area contributed by atoms with Crippen LogP contribution >= 0.6 is 0 Å². The van der Waals surface area contributed by atoms with E-state index in [0.29, 0.717) is 13.1 Å². The molecule has 6 nitrogen and oxygen atoms in total. The Morgan fingerprint density at radius 3 is 2.38 bits per heavy atom. The summed E-state index contributed by atoms with van der Waals surface area (Å²) in [5.74, 6) is -0.423. The number of nitrogens with zero attached hydrogens (tertiary/aromatic N) is 1. The van der Waals surface area contributed by atoms with E-state index in [2.05, 4.69) is 0 Å². The molecule has 21 heavy (non-hydrogen) atoms. The normalized spacial score (nSPS) is 11.3. The van der Waals surface area contributed by atoms with Crippen molar-refractivity contribution >= 4 is 15.9 Å². The van der Waals surface area contributed by atoms with Crippen molar-refractivity contribution in [1.29, 1.82) is 0 Å². The molecule has 0 atom stereocenters. The second kappa shape index (κ2) is 6.11. The predicted molar refractivity (Wildman–Crippen MR) is 76.9 cm³/mol. The van der Waals surface area contributed by atoms with Gasteiger partial charge in [0.15, 0.2) is 5.76 Å². The Balaban J connectivity index is 2.19. The third kappa shape index (κ3) is 3.71. The van der Waals surface area contributed by atoms with Crippen LogP contribution in [0.2, 0.25) is 0 Å². The number of amides is 1. The van der Waals surface area contributed by atoms with E-state index in [1.165, 1.54) is 12.1 Å². The Bertz CT molecular complexity index is 722. The van der Waals surface area contributed by atoms with Crippen LogP contribution in [0.15, 0.2) is 52.0 Å². The van der Waals surface area contributed by atoms with Crippen molar-refractivity contribution in [2.45, 2.75) is 18.6 Å². The van der Waals surface area contributed by atoms with Crippen molar-refractivity contribution in [2.75, 3.05) is 6.54 Å². The maximum absolute atomic E-state index is 12.3. The lowest BCUT2D eigenvalue weighted by Gasteiger charge is -2.19. The van der Waals surface area contributed by atoms with Crippen LogP contribution in [0.4, 0.5) is 0 Å². The highest BCUT2D eigenvalue weighted by Crippen LogP contribution is 2.15. The average Bonchev–Trinajstić information content (AvgIpc) is 2.95. The monoisotopic (exact) mass is 308 g/mol. The molecule has 112 valence electrons. The molecule has 1 heterocycles. The number of sulfonamides is 1. The van der Waals surface area contributed by atoms with Crippen LogP contribution in [0.1, 0.15) is 23.0 Å². The lowest BCUT2D eigenvalue weighted by atomic mass is 10.2. The Morgan fingerprint density at radius 1 is 1.19 bits per heavy atom. The maximum Gasteiger partial charge on any atom is 0.289 e. The van der Waals surface area contributed by atoms with E-state index in [9.17, 15) is 13.2 Å². The Labute approximate surface area is 123 Å². The fraction of sp³-hybridized carbons (Fsp3) is 0.214. The molecule has 7 heteroatoms. The molecular formula is C14H16N2O4S. The van der Waals surface area contributed by atoms with Gasteiger partial charge in [0.25, 0.3) is 15.9 Å². The molecule has 0 unspecified atom stereocenters. The van der Waals surface area contributed by atoms with Gasteiger partial charge < -0.3 is 9.32 Å². The fourth-order valence-corrected chi connectivity index (χ4v) is 2.34. The smallest absolute Gasteiger partial charge is 0.289 e. The highest BCUT2D eigenvalue weighted by Gasteiger charge is 2.21. The van der Waals surface area contributed by atoms with Gasteiger partial charge in [-0.2, -0.15) is 0 Å². The Hall–Kier alpha value is -2.12. The summed E-state index contributed by atoms with van der Waals surface area (Å²) in [5, 5.41) is 4.54. The molecule has 0 aliphatic carbocycles. The number of rotatable bonds is 5. The van der Waals surface area contributed by atoms with Gasteiger partial charge in [0, 0.05) is 13.1 Å². The standard InChI is InChI=1S/C14H16N2O4S/c1-2-16(10-11-6-4-3-5-7-11)14(17)12-8-9-13(20-12)21(15,18)19/h3-9H,2,10H2,1H3,(H2,15,18,19). The molecule has 1 aromatic carbocycles. The van der Waals surface area contributed by atoms with Crippen LogP contribution in [0.5, 0.6) is 0 Å². The summed E-state index contributed by atoms with van der Waals surface area (Å²) >= 11 is 0. The zero-order chi connectivity index (χ0) is 15.5. The number of hydrogen-bond acceptors (Lipinski definition) is 4. The average molecular weight is 308 g/mol. The summed E-state index contributed by atoms with van der Waals surface area (Å²) in [6.07, 6.45) is 0. The molecule has 0 spiro atoms. The Morgan fingerprint density at radius 2 is 1.86 bits per heavy atom. The zero-order valence-corrected chi connectivity index (χ0v) is 12.3. The van der Waals surface area contributed by atoms with Gasteiger partial charge >= 0.3 is 0 Å². The van der Waals surface area contributed by atoms with Crippen molar-refractivity contribution in [3.63, 3.8) is 0 Å². The van der Waals surface area contributed by atoms with E-state index < -0.39 is 15.1 Å². The summed E-state index contributed by atoms with van der Waals surface area (Å²) in [5.41, 5.74) is 0.978. The quantitative estimate of drug-likeness (QED) is 0.907. The van der Waals surface area contributed by atoms with Crippen LogP contribution < -0.4 is 5.14 Å². The number of nitrogens with two attached hydrogens (primary N) is 1. The number of carbonyl (C=O) groups is 1. The molecule has 2 rings (SSSR count). The molecule has 0 bridgehead atoms. The first-order valence-corrected chi connectivity index (χ1v) is 7.92. The van der Waals surface area contributed by atoms with Gasteiger partial charge in [-0.05, 0) is 24.6 Å². The molecule has 1 amide bonds. The molecule has 2 aromatic rings. The first kappa shape index (κ1) is 15.3. The van der Waals surface area contributed by atoms with E-state index in [0.717, 1.165) is 5.56 Å². The SMILES string of the molecule is CCN(Cc1ccccc1)C(=O)c1ccc(S(N)(=O)=O)o1. The third-order valence-electron chi connectivity index (χ3n) is 2.96. The van der Waals surface area contributed by atoms with Gasteiger partial charge in [0.05, 0.1) is 0 Å². The molecular weight excluding hydrogens is 292 g/mol. The van der Waals surface area contributed by atoms with E-state index in [1.807, 2.05) is 37.3 Å². The molecule has 1 aromatic heterocycles. The first-order chi connectivity index (χ1) is 9.91. The number of hydrogen-bond donors (Lipinski definition) is 1. The van der Waals surface area contributed by atoms with Gasteiger partial charge in [0.1, 0.15) is 0 Å². The third-order valence-corrected chi connectivity index (χ3v) is 3.74. The van der Waals surface area contributed by atoms with Crippen molar-refractivity contribution in [1.82, 2.24) is 4.90 Å². The van der Waals surface area contributed by atoms with E-state index in [4.69, 9.17) is 9.56 Å². The highest BCUT2D eigenvalue weighted by molar-refractivity contribution is 7.89. The van der Waals surface area contributed by atoms with Gasteiger partial charge in [-0.15, -0.1) is 0 Å². The van der Waals surface area contributed by atoms with Crippen LogP contribution in [0.25, 0.3) is 0 Å². The zero-order valence-electron chi connectivity index (χ0n) is 11.5. The summed E-state index contributed by atoms with van der Waals surface area (Å²) in [6.45, 7) is 2.73. The largest absolute Gasteiger partial charge is 0.438 e.